The Balaban J connectivity index is 1.78. The molecule has 18 heavy (non-hydrogen) atoms. The molecule has 1 unspecified atom stereocenters. The standard InChI is InChI=1S/C13H16NO4/c15-14(16)12-5-3-4-11(10-12)7-9-18-13-6-1-2-8-17-13/h3,5,10,13H,1-2,6-9H2. The molecule has 5 heteroatoms. The van der Waals surface area contributed by atoms with Crippen LogP contribution in [0.3, 0.4) is 0 Å². The van der Waals surface area contributed by atoms with Gasteiger partial charge in [0.2, 0.25) is 0 Å². The Morgan fingerprint density at radius 3 is 3.17 bits per heavy atom. The zero-order chi connectivity index (χ0) is 12.8. The second-order valence-electron chi connectivity index (χ2n) is 4.25. The van der Waals surface area contributed by atoms with Gasteiger partial charge in [0.25, 0.3) is 5.69 Å². The predicted octanol–water partition coefficient (Wildman–Crippen LogP) is 2.48. The molecule has 1 aliphatic heterocycles. The molecule has 0 saturated carbocycles. The summed E-state index contributed by atoms with van der Waals surface area (Å²) in [6.07, 6.45) is 3.66. The molecule has 1 aliphatic rings. The summed E-state index contributed by atoms with van der Waals surface area (Å²) in [4.78, 5) is 10.2. The van der Waals surface area contributed by atoms with Crippen molar-refractivity contribution in [1.82, 2.24) is 0 Å². The van der Waals surface area contributed by atoms with E-state index in [0.717, 1.165) is 31.4 Å². The Bertz CT molecular complexity index is 402. The Kier molecular flexibility index (Phi) is 4.66. The largest absolute Gasteiger partial charge is 0.353 e. The van der Waals surface area contributed by atoms with E-state index in [-0.39, 0.29) is 12.0 Å². The second kappa shape index (κ2) is 6.47. The van der Waals surface area contributed by atoms with Crippen molar-refractivity contribution in [1.29, 1.82) is 0 Å². The van der Waals surface area contributed by atoms with Gasteiger partial charge in [-0.2, -0.15) is 0 Å². The highest BCUT2D eigenvalue weighted by molar-refractivity contribution is 5.33. The maximum Gasteiger partial charge on any atom is 0.269 e. The van der Waals surface area contributed by atoms with E-state index >= 15 is 0 Å². The van der Waals surface area contributed by atoms with E-state index in [9.17, 15) is 10.1 Å². The molecule has 0 spiro atoms. The maximum atomic E-state index is 10.6. The lowest BCUT2D eigenvalue weighted by molar-refractivity contribution is -0.384. The number of nitrogens with zero attached hydrogens (tertiary/aromatic N) is 1. The molecule has 0 aromatic heterocycles. The summed E-state index contributed by atoms with van der Waals surface area (Å²) in [6.45, 7) is 1.26. The van der Waals surface area contributed by atoms with Gasteiger partial charge in [0.1, 0.15) is 0 Å². The molecule has 1 saturated heterocycles. The average Bonchev–Trinajstić information content (AvgIpc) is 2.40. The maximum absolute atomic E-state index is 10.6. The summed E-state index contributed by atoms with van der Waals surface area (Å²) in [5, 5.41) is 10.6. The van der Waals surface area contributed by atoms with Crippen molar-refractivity contribution in [3.05, 3.63) is 39.9 Å². The predicted molar refractivity (Wildman–Crippen MR) is 65.2 cm³/mol. The van der Waals surface area contributed by atoms with Crippen molar-refractivity contribution in [2.45, 2.75) is 32.0 Å². The van der Waals surface area contributed by atoms with Crippen LogP contribution in [0.25, 0.3) is 0 Å². The number of hydrogen-bond acceptors (Lipinski definition) is 4. The van der Waals surface area contributed by atoms with Crippen molar-refractivity contribution in [3.63, 3.8) is 0 Å². The fourth-order valence-electron chi connectivity index (χ4n) is 1.90. The van der Waals surface area contributed by atoms with E-state index in [1.807, 2.05) is 0 Å². The van der Waals surface area contributed by atoms with Crippen molar-refractivity contribution >= 4 is 5.69 Å². The van der Waals surface area contributed by atoms with Crippen LogP contribution >= 0.6 is 0 Å². The average molecular weight is 250 g/mol. The first-order chi connectivity index (χ1) is 8.75. The second-order valence-corrected chi connectivity index (χ2v) is 4.25. The van der Waals surface area contributed by atoms with E-state index in [1.165, 1.54) is 12.1 Å². The summed E-state index contributed by atoms with van der Waals surface area (Å²) in [7, 11) is 0. The smallest absolute Gasteiger partial charge is 0.269 e. The van der Waals surface area contributed by atoms with Crippen molar-refractivity contribution in [2.75, 3.05) is 13.2 Å². The van der Waals surface area contributed by atoms with Crippen molar-refractivity contribution in [3.8, 4) is 0 Å². The fraction of sp³-hybridized carbons (Fsp3) is 0.538. The van der Waals surface area contributed by atoms with Gasteiger partial charge in [-0.05, 0) is 43.4 Å². The zero-order valence-electron chi connectivity index (χ0n) is 10.1. The van der Waals surface area contributed by atoms with Crippen LogP contribution in [0.1, 0.15) is 24.8 Å². The normalized spacial score (nSPS) is 19.7. The minimum absolute atomic E-state index is 0.0951. The lowest BCUT2D eigenvalue weighted by Crippen LogP contribution is -2.23. The highest BCUT2D eigenvalue weighted by Gasteiger charge is 2.14. The van der Waals surface area contributed by atoms with Gasteiger partial charge in [0.15, 0.2) is 6.29 Å². The molecule has 97 valence electrons. The van der Waals surface area contributed by atoms with Crippen LogP contribution in [-0.4, -0.2) is 24.4 Å². The molecular formula is C13H16NO4. The third kappa shape index (κ3) is 3.78. The van der Waals surface area contributed by atoms with Crippen LogP contribution in [0, 0.1) is 16.2 Å². The van der Waals surface area contributed by atoms with E-state index in [2.05, 4.69) is 6.07 Å². The molecule has 1 atom stereocenters. The van der Waals surface area contributed by atoms with Crippen LogP contribution in [0.5, 0.6) is 0 Å². The van der Waals surface area contributed by atoms with Crippen molar-refractivity contribution < 1.29 is 14.4 Å². The number of non-ortho nitro benzene ring substituents is 1. The molecule has 1 fully saturated rings. The molecule has 5 nitrogen and oxygen atoms in total. The summed E-state index contributed by atoms with van der Waals surface area (Å²) < 4.78 is 11.0. The molecule has 0 aliphatic carbocycles. The first-order valence-corrected chi connectivity index (χ1v) is 6.14. The van der Waals surface area contributed by atoms with Gasteiger partial charge in [0, 0.05) is 18.7 Å². The quantitative estimate of drug-likeness (QED) is 0.595. The molecule has 1 aromatic rings. The number of nitro benzene ring substituents is 1. The summed E-state index contributed by atoms with van der Waals surface area (Å²) in [5.74, 6) is 0. The minimum atomic E-state index is -0.400. The first-order valence-electron chi connectivity index (χ1n) is 6.14. The van der Waals surface area contributed by atoms with E-state index in [1.54, 1.807) is 6.07 Å². The fourth-order valence-corrected chi connectivity index (χ4v) is 1.90. The summed E-state index contributed by atoms with van der Waals surface area (Å²) in [6, 6.07) is 7.52. The number of hydrogen-bond donors (Lipinski definition) is 0. The zero-order valence-corrected chi connectivity index (χ0v) is 10.1. The Morgan fingerprint density at radius 1 is 1.56 bits per heavy atom. The molecule has 0 N–H and O–H groups in total. The lowest BCUT2D eigenvalue weighted by Gasteiger charge is -2.22. The highest BCUT2D eigenvalue weighted by atomic mass is 16.7. The van der Waals surface area contributed by atoms with Gasteiger partial charge in [0.05, 0.1) is 11.5 Å². The van der Waals surface area contributed by atoms with Crippen LogP contribution in [0.15, 0.2) is 18.2 Å². The lowest BCUT2D eigenvalue weighted by atomic mass is 10.1. The Morgan fingerprint density at radius 2 is 2.44 bits per heavy atom. The van der Waals surface area contributed by atoms with Crippen LogP contribution < -0.4 is 0 Å². The SMILES string of the molecule is O=[N+]([O-])c1cc[c]c(CCOC2CCCCO2)c1. The molecule has 2 rings (SSSR count). The Hall–Kier alpha value is -1.46. The molecule has 0 amide bonds. The third-order valence-corrected chi connectivity index (χ3v) is 2.87. The molecular weight excluding hydrogens is 234 g/mol. The van der Waals surface area contributed by atoms with Gasteiger partial charge >= 0.3 is 0 Å². The van der Waals surface area contributed by atoms with Gasteiger partial charge < -0.3 is 9.47 Å². The number of ether oxygens (including phenoxy) is 2. The van der Waals surface area contributed by atoms with Crippen LogP contribution in [0.2, 0.25) is 0 Å². The summed E-state index contributed by atoms with van der Waals surface area (Å²) >= 11 is 0. The molecule has 1 aromatic carbocycles. The molecule has 0 bridgehead atoms. The van der Waals surface area contributed by atoms with E-state index in [0.29, 0.717) is 13.0 Å². The number of rotatable bonds is 5. The van der Waals surface area contributed by atoms with Gasteiger partial charge in [-0.1, -0.05) is 0 Å². The van der Waals surface area contributed by atoms with Crippen molar-refractivity contribution in [2.24, 2.45) is 0 Å². The number of nitro groups is 1. The van der Waals surface area contributed by atoms with Gasteiger partial charge in [-0.3, -0.25) is 10.1 Å². The first kappa shape index (κ1) is 13.0. The van der Waals surface area contributed by atoms with Gasteiger partial charge in [-0.25, -0.2) is 0 Å². The van der Waals surface area contributed by atoms with E-state index in [4.69, 9.17) is 9.47 Å². The highest BCUT2D eigenvalue weighted by Crippen LogP contribution is 2.16. The molecule has 1 heterocycles. The summed E-state index contributed by atoms with van der Waals surface area (Å²) in [5.41, 5.74) is 0.887. The van der Waals surface area contributed by atoms with E-state index < -0.39 is 4.92 Å². The minimum Gasteiger partial charge on any atom is -0.353 e. The van der Waals surface area contributed by atoms with Crippen LogP contribution in [-0.2, 0) is 15.9 Å². The molecule has 1 radical (unpaired) electrons. The van der Waals surface area contributed by atoms with Gasteiger partial charge in [-0.15, -0.1) is 0 Å². The topological polar surface area (TPSA) is 61.6 Å². The number of benzene rings is 1. The third-order valence-electron chi connectivity index (χ3n) is 2.87. The monoisotopic (exact) mass is 250 g/mol. The van der Waals surface area contributed by atoms with Crippen LogP contribution in [0.4, 0.5) is 5.69 Å². The Labute approximate surface area is 106 Å².